The highest BCUT2D eigenvalue weighted by atomic mass is 35.5. The van der Waals surface area contributed by atoms with Crippen LogP contribution in [0.5, 0.6) is 5.75 Å². The van der Waals surface area contributed by atoms with Crippen LogP contribution in [0.4, 0.5) is 4.79 Å². The van der Waals surface area contributed by atoms with Gasteiger partial charge in [0, 0.05) is 17.0 Å². The molecule has 0 radical (unpaired) electrons. The topological polar surface area (TPSA) is 119 Å². The molecule has 2 aromatic rings. The van der Waals surface area contributed by atoms with Gasteiger partial charge in [-0.1, -0.05) is 11.6 Å². The first-order valence-corrected chi connectivity index (χ1v) is 10.1. The second-order valence-electron chi connectivity index (χ2n) is 5.99. The van der Waals surface area contributed by atoms with E-state index in [-0.39, 0.29) is 4.90 Å². The lowest BCUT2D eigenvalue weighted by Crippen LogP contribution is -2.30. The zero-order valence-electron chi connectivity index (χ0n) is 14.4. The number of sulfonamides is 1. The van der Waals surface area contributed by atoms with Crippen molar-refractivity contribution < 1.29 is 32.6 Å². The third-order valence-corrected chi connectivity index (χ3v) is 5.74. The van der Waals surface area contributed by atoms with Crippen molar-refractivity contribution in [3.8, 4) is 5.75 Å². The molecular weight excluding hydrogens is 410 g/mol. The SMILES string of the molecule is O=C(O)OC1CCc2cc(C(=O)CNS(=O)(=O)c3ccc(Cl)cc3)ccc2O1. The highest BCUT2D eigenvalue weighted by Crippen LogP contribution is 2.29. The van der Waals surface area contributed by atoms with E-state index in [2.05, 4.69) is 9.46 Å². The van der Waals surface area contributed by atoms with Gasteiger partial charge in [-0.25, -0.2) is 17.9 Å². The van der Waals surface area contributed by atoms with Crippen molar-refractivity contribution in [2.45, 2.75) is 24.0 Å². The highest BCUT2D eigenvalue weighted by Gasteiger charge is 2.24. The summed E-state index contributed by atoms with van der Waals surface area (Å²) < 4.78 is 36.8. The molecule has 1 heterocycles. The van der Waals surface area contributed by atoms with Crippen LogP contribution in [0.2, 0.25) is 5.02 Å². The van der Waals surface area contributed by atoms with Gasteiger partial charge < -0.3 is 14.6 Å². The normalized spacial score (nSPS) is 16.0. The maximum absolute atomic E-state index is 12.4. The third kappa shape index (κ3) is 4.80. The summed E-state index contributed by atoms with van der Waals surface area (Å²) in [6.07, 6.45) is -1.53. The molecule has 0 saturated carbocycles. The second-order valence-corrected chi connectivity index (χ2v) is 8.20. The van der Waals surface area contributed by atoms with Crippen molar-refractivity contribution in [3.05, 3.63) is 58.6 Å². The van der Waals surface area contributed by atoms with E-state index in [9.17, 15) is 18.0 Å². The molecule has 0 amide bonds. The fraction of sp³-hybridized carbons (Fsp3) is 0.222. The lowest BCUT2D eigenvalue weighted by Gasteiger charge is -2.24. The van der Waals surface area contributed by atoms with Crippen LogP contribution in [-0.4, -0.2) is 38.3 Å². The van der Waals surface area contributed by atoms with Crippen LogP contribution in [-0.2, 0) is 21.2 Å². The first-order chi connectivity index (χ1) is 13.2. The van der Waals surface area contributed by atoms with Crippen LogP contribution < -0.4 is 9.46 Å². The van der Waals surface area contributed by atoms with Crippen molar-refractivity contribution >= 4 is 33.6 Å². The first kappa shape index (κ1) is 20.1. The Balaban J connectivity index is 1.65. The second kappa shape index (κ2) is 8.17. The maximum atomic E-state index is 12.4. The number of carboxylic acid groups (broad SMARTS) is 1. The molecule has 0 bridgehead atoms. The molecule has 2 N–H and O–H groups in total. The standard InChI is InChI=1S/C18H16ClNO7S/c19-13-3-5-14(6-4-13)28(24,25)20-10-15(21)11-1-7-16-12(9-11)2-8-17(26-16)27-18(22)23/h1,3-7,9,17,20H,2,8,10H2,(H,22,23). The molecule has 3 rings (SSSR count). The number of ketones is 1. The number of nitrogens with one attached hydrogen (secondary N) is 1. The number of rotatable bonds is 6. The average molecular weight is 426 g/mol. The molecule has 0 aliphatic carbocycles. The van der Waals surface area contributed by atoms with E-state index in [1.54, 1.807) is 6.07 Å². The molecule has 0 aromatic heterocycles. The molecular formula is C18H16ClNO7S. The summed E-state index contributed by atoms with van der Waals surface area (Å²) in [5, 5.41) is 9.05. The zero-order valence-corrected chi connectivity index (χ0v) is 16.0. The molecule has 8 nitrogen and oxygen atoms in total. The molecule has 0 spiro atoms. The number of Topliss-reactive ketones (excluding diaryl/α,β-unsaturated/α-hetero) is 1. The molecule has 1 atom stereocenters. The number of benzene rings is 2. The summed E-state index contributed by atoms with van der Waals surface area (Å²) in [7, 11) is -3.84. The Bertz CT molecular complexity index is 1010. The summed E-state index contributed by atoms with van der Waals surface area (Å²) in [4.78, 5) is 23.0. The van der Waals surface area contributed by atoms with Gasteiger partial charge in [-0.3, -0.25) is 4.79 Å². The van der Waals surface area contributed by atoms with Gasteiger partial charge in [0.2, 0.25) is 16.3 Å². The molecule has 0 fully saturated rings. The Morgan fingerprint density at radius 2 is 1.93 bits per heavy atom. The number of fused-ring (bicyclic) bond motifs is 1. The van der Waals surface area contributed by atoms with Crippen molar-refractivity contribution in [2.24, 2.45) is 0 Å². The van der Waals surface area contributed by atoms with E-state index in [1.807, 2.05) is 0 Å². The van der Waals surface area contributed by atoms with Crippen molar-refractivity contribution in [1.29, 1.82) is 0 Å². The van der Waals surface area contributed by atoms with E-state index in [4.69, 9.17) is 21.4 Å². The maximum Gasteiger partial charge on any atom is 0.508 e. The minimum Gasteiger partial charge on any atom is -0.454 e. The van der Waals surface area contributed by atoms with Crippen LogP contribution in [0.25, 0.3) is 0 Å². The van der Waals surface area contributed by atoms with Crippen LogP contribution in [0, 0.1) is 0 Å². The molecule has 148 valence electrons. The van der Waals surface area contributed by atoms with Gasteiger partial charge in [0.15, 0.2) is 5.78 Å². The Morgan fingerprint density at radius 1 is 1.21 bits per heavy atom. The van der Waals surface area contributed by atoms with Crippen molar-refractivity contribution in [3.63, 3.8) is 0 Å². The van der Waals surface area contributed by atoms with E-state index >= 15 is 0 Å². The Kier molecular flexibility index (Phi) is 5.87. The van der Waals surface area contributed by atoms with E-state index in [0.29, 0.717) is 29.2 Å². The number of carbonyl (C=O) groups is 2. The molecule has 2 aromatic carbocycles. The first-order valence-electron chi connectivity index (χ1n) is 8.22. The number of hydrogen-bond donors (Lipinski definition) is 2. The van der Waals surface area contributed by atoms with E-state index in [1.165, 1.54) is 36.4 Å². The van der Waals surface area contributed by atoms with Gasteiger partial charge in [-0.15, -0.1) is 0 Å². The highest BCUT2D eigenvalue weighted by molar-refractivity contribution is 7.89. The fourth-order valence-corrected chi connectivity index (χ4v) is 3.80. The summed E-state index contributed by atoms with van der Waals surface area (Å²) >= 11 is 5.74. The van der Waals surface area contributed by atoms with E-state index in [0.717, 1.165) is 5.56 Å². The predicted molar refractivity (Wildman–Crippen MR) is 99.3 cm³/mol. The lowest BCUT2D eigenvalue weighted by atomic mass is 10.0. The van der Waals surface area contributed by atoms with E-state index < -0.39 is 34.8 Å². The predicted octanol–water partition coefficient (Wildman–Crippen LogP) is 2.85. The summed E-state index contributed by atoms with van der Waals surface area (Å²) in [5.74, 6) is 0.0139. The fourth-order valence-electron chi connectivity index (χ4n) is 2.69. The zero-order chi connectivity index (χ0) is 20.3. The third-order valence-electron chi connectivity index (χ3n) is 4.07. The molecule has 10 heteroatoms. The smallest absolute Gasteiger partial charge is 0.454 e. The van der Waals surface area contributed by atoms with Gasteiger partial charge in [-0.05, 0) is 54.4 Å². The summed E-state index contributed by atoms with van der Waals surface area (Å²) in [6.45, 7) is -0.407. The van der Waals surface area contributed by atoms with Crippen LogP contribution in [0.15, 0.2) is 47.4 Å². The largest absolute Gasteiger partial charge is 0.508 e. The number of hydrogen-bond acceptors (Lipinski definition) is 6. The number of aryl methyl sites for hydroxylation is 1. The summed E-state index contributed by atoms with van der Waals surface area (Å²) in [6, 6.07) is 10.2. The quantitative estimate of drug-likeness (QED) is 0.539. The summed E-state index contributed by atoms with van der Waals surface area (Å²) in [5.41, 5.74) is 1.04. The Morgan fingerprint density at radius 3 is 2.61 bits per heavy atom. The van der Waals surface area contributed by atoms with Crippen molar-refractivity contribution in [2.75, 3.05) is 6.54 Å². The minimum atomic E-state index is -3.84. The van der Waals surface area contributed by atoms with Crippen LogP contribution in [0.3, 0.4) is 0 Å². The molecule has 0 saturated heterocycles. The molecule has 1 unspecified atom stereocenters. The Labute approximate surface area is 166 Å². The molecule has 1 aliphatic heterocycles. The van der Waals surface area contributed by atoms with Gasteiger partial charge in [0.1, 0.15) is 5.75 Å². The van der Waals surface area contributed by atoms with Gasteiger partial charge in [-0.2, -0.15) is 0 Å². The molecule has 1 aliphatic rings. The van der Waals surface area contributed by atoms with Crippen LogP contribution >= 0.6 is 11.6 Å². The molecule has 28 heavy (non-hydrogen) atoms. The van der Waals surface area contributed by atoms with Gasteiger partial charge >= 0.3 is 6.16 Å². The minimum absolute atomic E-state index is 0.00742. The lowest BCUT2D eigenvalue weighted by molar-refractivity contribution is -0.0634. The van der Waals surface area contributed by atoms with Crippen LogP contribution in [0.1, 0.15) is 22.3 Å². The Hall–Kier alpha value is -2.62. The number of carbonyl (C=O) groups excluding carboxylic acids is 1. The monoisotopic (exact) mass is 425 g/mol. The number of halogens is 1. The average Bonchev–Trinajstić information content (AvgIpc) is 2.65. The van der Waals surface area contributed by atoms with Gasteiger partial charge in [0.05, 0.1) is 11.4 Å². The number of ether oxygens (including phenoxy) is 2. The van der Waals surface area contributed by atoms with Gasteiger partial charge in [0.25, 0.3) is 0 Å². The van der Waals surface area contributed by atoms with Crippen molar-refractivity contribution in [1.82, 2.24) is 4.72 Å².